The van der Waals surface area contributed by atoms with Gasteiger partial charge in [-0.05, 0) is 193 Å². The van der Waals surface area contributed by atoms with Gasteiger partial charge in [-0.3, -0.25) is 42.7 Å². The van der Waals surface area contributed by atoms with Crippen LogP contribution in [-0.4, -0.2) is 365 Å². The highest BCUT2D eigenvalue weighted by molar-refractivity contribution is 8.76. The number of carbonyl (C=O) groups is 1. The molecule has 2 aliphatic heterocycles. The van der Waals surface area contributed by atoms with E-state index in [1.54, 1.807) is 24.3 Å². The molecular formula is C90H141N33O18S2. The van der Waals surface area contributed by atoms with Gasteiger partial charge in [0.25, 0.3) is 12.0 Å². The number of unbranched alkanes of at least 4 members (excludes halogenated alkanes) is 2. The van der Waals surface area contributed by atoms with Gasteiger partial charge in [0.1, 0.15) is 90.0 Å². The van der Waals surface area contributed by atoms with E-state index in [0.717, 1.165) is 32.4 Å². The van der Waals surface area contributed by atoms with Crippen molar-refractivity contribution in [1.82, 2.24) is 36.8 Å². The van der Waals surface area contributed by atoms with E-state index in [0.29, 0.717) is 29.5 Å². The Kier molecular flexibility index (Phi) is 51.4. The predicted molar refractivity (Wildman–Crippen MR) is 563 cm³/mol. The minimum Gasteiger partial charge on any atom is -0.508 e. The fourth-order valence-electron chi connectivity index (χ4n) is 14.9. The molecule has 0 spiro atoms. The van der Waals surface area contributed by atoms with E-state index in [1.807, 2.05) is 18.2 Å². The number of amides is 1. The predicted octanol–water partition coefficient (Wildman–Crippen LogP) is 5.46. The summed E-state index contributed by atoms with van der Waals surface area (Å²) in [5, 5.41) is 274. The molecule has 6 rings (SSSR count). The number of phenols is 2. The molecule has 0 aromatic heterocycles. The second-order valence-electron chi connectivity index (χ2n) is 33.7. The van der Waals surface area contributed by atoms with Gasteiger partial charge in [-0.15, -0.1) is 0 Å². The van der Waals surface area contributed by atoms with E-state index < -0.39 is 209 Å². The number of aliphatic hydroxyl groups excluding tert-OH is 15. The number of guanidine groups is 4. The van der Waals surface area contributed by atoms with Crippen molar-refractivity contribution in [2.24, 2.45) is 100 Å². The van der Waals surface area contributed by atoms with Crippen molar-refractivity contribution in [1.29, 1.82) is 37.9 Å². The standard InChI is InChI=1S/C90H141N33O18S2/c91-35-5-3-17-59-75(130)117-64(18-4-6-36-92)84(139)123-43-13-24-70(123)83(138)120-66(46-51-28-33-56(125)34-29-51)79(134)116-61(21-10-40-108-88(101)102)74(129)114-63(23-12-42-110-90(104)141)77(132)121-68(81(136)111-58(71(94)126)19-8-38-106-86(97)98)48-142-143-49-69(82(137)119-65(45-50-26-31-55(124)32-27-50)78(133)115-62(73(128)113-59)22-11-41-109-89(103)140)122-80(135)67(47-52-25-30-53-14-1-2-15-54(53)44-52)118-76(131)60(20-9-39-107-87(99)100)112-72(127)57(93)16-7-37-105-85(95)96/h1-2,14-15,25-34,44,57-70,124-125H,3-13,16-24,35-43,45-49,91-93H2,(H2,94,126)(H,111,136)(H,112,127)(H,113,128)(H,114,129)(H,115,133)(H,116,134)(H,117,130)(H,118,131)(H,119,137)(H,120,138)(H,121,132)(H,122,135)(H4,95,96,105)(H4,97,98,106)(H4,99,100,107)(H4,101,102,108)(H3,103,109,140)(H3,104,110,141). The van der Waals surface area contributed by atoms with Crippen LogP contribution in [0.5, 0.6) is 11.5 Å². The Bertz CT molecular complexity index is 5180. The first kappa shape index (κ1) is 117. The third kappa shape index (κ3) is 43.7. The van der Waals surface area contributed by atoms with Crippen LogP contribution in [0, 0.1) is 37.9 Å². The van der Waals surface area contributed by atoms with Crippen LogP contribution < -0.4 is 72.0 Å². The molecule has 1 fully saturated rings. The molecule has 1 amide bonds. The topological polar surface area (TPSA) is 934 Å². The van der Waals surface area contributed by atoms with Crippen LogP contribution in [-0.2, 0) is 24.1 Å². The van der Waals surface area contributed by atoms with Gasteiger partial charge in [0, 0.05) is 76.6 Å². The molecule has 1 saturated heterocycles. The first-order chi connectivity index (χ1) is 68.2. The van der Waals surface area contributed by atoms with E-state index in [9.17, 15) is 86.8 Å². The quantitative estimate of drug-likeness (QED) is 0.0113. The summed E-state index contributed by atoms with van der Waals surface area (Å²) < 4.78 is 0. The number of nitrogens with one attached hydrogen (secondary N) is 13. The number of amidine groups is 2. The Balaban J connectivity index is 1.78. The number of nitrogens with zero attached hydrogens (tertiary/aromatic N) is 13. The monoisotopic (exact) mass is 2040 g/mol. The van der Waals surface area contributed by atoms with Gasteiger partial charge in [-0.2, -0.15) is 0 Å². The van der Waals surface area contributed by atoms with Gasteiger partial charge in [0.05, 0.1) is 6.04 Å². The van der Waals surface area contributed by atoms with Crippen molar-refractivity contribution < 1.29 is 91.6 Å². The minimum absolute atomic E-state index is 0.00406. The van der Waals surface area contributed by atoms with Crippen molar-refractivity contribution >= 4 is 151 Å². The summed E-state index contributed by atoms with van der Waals surface area (Å²) in [5.74, 6) is -15.2. The average molecular weight is 2040 g/mol. The lowest BCUT2D eigenvalue weighted by atomic mass is 10.0. The Labute approximate surface area is 834 Å². The van der Waals surface area contributed by atoms with E-state index in [4.69, 9.17) is 83.0 Å². The molecule has 2 aliphatic rings. The Morgan fingerprint density at radius 2 is 0.811 bits per heavy atom. The fourth-order valence-corrected chi connectivity index (χ4v) is 17.1. The van der Waals surface area contributed by atoms with Gasteiger partial charge < -0.3 is 164 Å². The van der Waals surface area contributed by atoms with Crippen molar-refractivity contribution in [2.75, 3.05) is 70.4 Å². The van der Waals surface area contributed by atoms with E-state index >= 15 is 4.79 Å². The van der Waals surface area contributed by atoms with Gasteiger partial charge in [0.2, 0.25) is 76.7 Å². The number of fused-ring (bicyclic) bond motifs is 2. The second kappa shape index (κ2) is 62.6. The van der Waals surface area contributed by atoms with Crippen LogP contribution in [0.3, 0.4) is 0 Å². The molecule has 0 radical (unpaired) electrons. The summed E-state index contributed by atoms with van der Waals surface area (Å²) >= 11 is 0. The van der Waals surface area contributed by atoms with Gasteiger partial charge in [0.15, 0.2) is 29.7 Å². The lowest BCUT2D eigenvalue weighted by molar-refractivity contribution is -0.132. The molecule has 0 aliphatic carbocycles. The first-order valence-corrected chi connectivity index (χ1v) is 49.3. The maximum absolute atomic E-state index is 15.4. The van der Waals surface area contributed by atoms with Crippen LogP contribution in [0.4, 0.5) is 0 Å². The summed E-state index contributed by atoms with van der Waals surface area (Å²) in [4.78, 5) is 71.4. The van der Waals surface area contributed by atoms with Gasteiger partial charge in [-0.25, -0.2) is 59.9 Å². The minimum atomic E-state index is -1.87. The lowest BCUT2D eigenvalue weighted by Gasteiger charge is -2.27. The molecule has 14 unspecified atom stereocenters. The molecule has 0 bridgehead atoms. The van der Waals surface area contributed by atoms with Crippen LogP contribution >= 0.6 is 21.6 Å². The molecule has 2 heterocycles. The molecule has 786 valence electrons. The third-order valence-electron chi connectivity index (χ3n) is 22.4. The Hall–Kier alpha value is -14.5. The van der Waals surface area contributed by atoms with Crippen LogP contribution in [0.15, 0.2) is 151 Å². The summed E-state index contributed by atoms with van der Waals surface area (Å²) in [6, 6.07) is -0.328. The van der Waals surface area contributed by atoms with Crippen molar-refractivity contribution in [3.63, 3.8) is 0 Å². The molecule has 0 saturated carbocycles. The van der Waals surface area contributed by atoms with E-state index in [-0.39, 0.29) is 211 Å². The number of hydrogen-bond acceptors (Lipinski definition) is 27. The summed E-state index contributed by atoms with van der Waals surface area (Å²) in [7, 11) is 1.62. The zero-order chi connectivity index (χ0) is 105. The highest BCUT2D eigenvalue weighted by atomic mass is 33.1. The number of nitrogens with two attached hydrogens (primary N) is 7. The summed E-state index contributed by atoms with van der Waals surface area (Å²) in [6.07, 6.45) is -0.475. The zero-order valence-corrected chi connectivity index (χ0v) is 81.1. The highest BCUT2D eigenvalue weighted by Crippen LogP contribution is 2.30. The average Bonchev–Trinajstić information content (AvgIpc) is 1.69. The lowest BCUT2D eigenvalue weighted by Crippen LogP contribution is -2.46. The Morgan fingerprint density at radius 3 is 1.29 bits per heavy atom. The van der Waals surface area contributed by atoms with Crippen molar-refractivity contribution in [2.45, 2.75) is 232 Å². The summed E-state index contributed by atoms with van der Waals surface area (Å²) in [6.45, 7) is 0.174. The zero-order valence-electron chi connectivity index (χ0n) is 79.5. The Morgan fingerprint density at radius 1 is 0.413 bits per heavy atom. The molecule has 51 nitrogen and oxygen atoms in total. The maximum Gasteiger partial charge on any atom is 0.279 e. The highest BCUT2D eigenvalue weighted by Gasteiger charge is 2.39. The van der Waals surface area contributed by atoms with Crippen LogP contribution in [0.2, 0.25) is 0 Å². The van der Waals surface area contributed by atoms with Crippen molar-refractivity contribution in [3.8, 4) is 11.5 Å². The van der Waals surface area contributed by atoms with Gasteiger partial charge >= 0.3 is 0 Å². The number of carbonyl (C=O) groups excluding carboxylic acids is 1. The van der Waals surface area contributed by atoms with E-state index in [2.05, 4.69) is 86.8 Å². The van der Waals surface area contributed by atoms with Crippen molar-refractivity contribution in [3.05, 3.63) is 108 Å². The summed E-state index contributed by atoms with van der Waals surface area (Å²) in [5.41, 5.74) is 42.0. The maximum atomic E-state index is 15.4. The number of phenolic OH excluding ortho intramolecular Hbond substituents is 2. The SMILES string of the molecule is N=C(N)NCCCC(N)C(O)=NC(CCCNC(=N)N)C(O)=NC(Cc1ccc2ccccc2c1)C(O)=NC1CSSCC(C(O)=NC(CCCNC(=N)N)C(=N)O)N=C(O)C(CCCNC(=N)O)N=C(O)C(CCCNC(=N)N)N=C(O)C(Cc2ccc(O)cc2)N=C(O)C2CCCN2C(=O)C(CCCCN)N=C(O)C(CCCCN)N=C(O)C(CCCNC(=N)O)N=C(O)C(Cc2ccc(O)cc2)N=C1O. The molecule has 143 heavy (non-hydrogen) atoms. The molecular weight excluding hydrogens is 1900 g/mol. The smallest absolute Gasteiger partial charge is 0.279 e. The van der Waals surface area contributed by atoms with Gasteiger partial charge in [-0.1, -0.05) is 88.3 Å². The molecule has 4 aromatic rings. The molecule has 53 heteroatoms. The molecule has 4 aromatic carbocycles. The van der Waals surface area contributed by atoms with E-state index in [1.165, 1.54) is 53.4 Å². The van der Waals surface area contributed by atoms with Crippen LogP contribution in [0.1, 0.15) is 145 Å². The first-order valence-electron chi connectivity index (χ1n) is 46.8. The fraction of sp³-hybridized carbons (Fsp3) is 0.533. The number of benzene rings is 4. The number of rotatable bonds is 47. The number of aromatic hydroxyl groups is 2. The second-order valence-corrected chi connectivity index (χ2v) is 36.3. The number of hydrogen-bond donors (Lipinski definition) is 37. The largest absolute Gasteiger partial charge is 0.508 e. The number of aliphatic hydroxyl groups is 15. The third-order valence-corrected chi connectivity index (χ3v) is 24.8. The molecule has 44 N–H and O–H groups in total. The number of aliphatic imine (C=N–C) groups is 12. The normalized spacial score (nSPS) is 20.9. The van der Waals surface area contributed by atoms with Crippen LogP contribution in [0.25, 0.3) is 10.8 Å². The molecule has 14 atom stereocenters.